The van der Waals surface area contributed by atoms with Crippen molar-refractivity contribution < 1.29 is 9.53 Å². The fraction of sp³-hybridized carbons (Fsp3) is 0.583. The van der Waals surface area contributed by atoms with Gasteiger partial charge in [0.25, 0.3) is 0 Å². The lowest BCUT2D eigenvalue weighted by atomic mass is 9.84. The van der Waals surface area contributed by atoms with Gasteiger partial charge < -0.3 is 10.5 Å². The Balaban J connectivity index is 2.07. The van der Waals surface area contributed by atoms with E-state index in [0.29, 0.717) is 5.88 Å². The Morgan fingerprint density at radius 3 is 2.89 bits per heavy atom. The molecule has 0 aromatic carbocycles. The van der Waals surface area contributed by atoms with Gasteiger partial charge in [-0.25, -0.2) is 4.98 Å². The van der Waals surface area contributed by atoms with Gasteiger partial charge in [-0.15, -0.1) is 0 Å². The summed E-state index contributed by atoms with van der Waals surface area (Å²) in [4.78, 5) is 20.1. The van der Waals surface area contributed by atoms with E-state index in [4.69, 9.17) is 22.1 Å². The molecule has 7 heteroatoms. The highest BCUT2D eigenvalue weighted by Gasteiger charge is 2.28. The standard InChI is InChI=1S/C12H17ClN4O2/c1-19-10-6-9(13)15-12(16-10)17-11(18)7-4-2-3-5-8(7)14/h6-8H,2-5,14H2,1H3,(H,15,16,17,18). The Kier molecular flexibility index (Phi) is 4.55. The van der Waals surface area contributed by atoms with Crippen LogP contribution in [0.1, 0.15) is 25.7 Å². The summed E-state index contributed by atoms with van der Waals surface area (Å²) in [6.45, 7) is 0. The number of hydrogen-bond donors (Lipinski definition) is 2. The number of aromatic nitrogens is 2. The molecule has 1 fully saturated rings. The van der Waals surface area contributed by atoms with Gasteiger partial charge in [-0.05, 0) is 12.8 Å². The first-order valence-corrected chi connectivity index (χ1v) is 6.63. The fourth-order valence-electron chi connectivity index (χ4n) is 2.25. The van der Waals surface area contributed by atoms with Crippen LogP contribution in [0.3, 0.4) is 0 Å². The van der Waals surface area contributed by atoms with E-state index in [0.717, 1.165) is 25.7 Å². The number of carbonyl (C=O) groups excluding carboxylic acids is 1. The number of rotatable bonds is 3. The number of anilines is 1. The van der Waals surface area contributed by atoms with Crippen molar-refractivity contribution in [2.75, 3.05) is 12.4 Å². The lowest BCUT2D eigenvalue weighted by Crippen LogP contribution is -2.41. The normalized spacial score (nSPS) is 22.9. The number of nitrogens with one attached hydrogen (secondary N) is 1. The summed E-state index contributed by atoms with van der Waals surface area (Å²) in [5.41, 5.74) is 5.97. The second kappa shape index (κ2) is 6.16. The molecule has 1 aromatic rings. The average molecular weight is 285 g/mol. The van der Waals surface area contributed by atoms with E-state index >= 15 is 0 Å². The molecule has 2 rings (SSSR count). The number of carbonyl (C=O) groups is 1. The minimum atomic E-state index is -0.192. The van der Waals surface area contributed by atoms with Crippen molar-refractivity contribution in [3.05, 3.63) is 11.2 Å². The first-order valence-electron chi connectivity index (χ1n) is 6.25. The highest BCUT2D eigenvalue weighted by atomic mass is 35.5. The van der Waals surface area contributed by atoms with Crippen molar-refractivity contribution >= 4 is 23.5 Å². The lowest BCUT2D eigenvalue weighted by Gasteiger charge is -2.27. The van der Waals surface area contributed by atoms with Crippen LogP contribution in [0.4, 0.5) is 5.95 Å². The largest absolute Gasteiger partial charge is 0.481 e. The van der Waals surface area contributed by atoms with Gasteiger partial charge in [-0.1, -0.05) is 24.4 Å². The van der Waals surface area contributed by atoms with Crippen LogP contribution in [0.15, 0.2) is 6.07 Å². The average Bonchev–Trinajstić information content (AvgIpc) is 2.38. The molecule has 0 saturated heterocycles. The molecular formula is C12H17ClN4O2. The maximum absolute atomic E-state index is 12.1. The topological polar surface area (TPSA) is 90.1 Å². The second-order valence-electron chi connectivity index (χ2n) is 4.60. The molecule has 1 heterocycles. The van der Waals surface area contributed by atoms with Crippen LogP contribution in [0, 0.1) is 5.92 Å². The van der Waals surface area contributed by atoms with Gasteiger partial charge in [0.1, 0.15) is 5.15 Å². The zero-order valence-corrected chi connectivity index (χ0v) is 11.5. The van der Waals surface area contributed by atoms with Gasteiger partial charge >= 0.3 is 0 Å². The number of hydrogen-bond acceptors (Lipinski definition) is 5. The number of nitrogens with two attached hydrogens (primary N) is 1. The minimum absolute atomic E-state index is 0.102. The highest BCUT2D eigenvalue weighted by Crippen LogP contribution is 2.24. The summed E-state index contributed by atoms with van der Waals surface area (Å²) >= 11 is 5.82. The van der Waals surface area contributed by atoms with Gasteiger partial charge in [0.15, 0.2) is 0 Å². The molecule has 6 nitrogen and oxygen atoms in total. The molecule has 19 heavy (non-hydrogen) atoms. The smallest absolute Gasteiger partial charge is 0.234 e. The van der Waals surface area contributed by atoms with E-state index in [-0.39, 0.29) is 29.0 Å². The highest BCUT2D eigenvalue weighted by molar-refractivity contribution is 6.29. The minimum Gasteiger partial charge on any atom is -0.481 e. The van der Waals surface area contributed by atoms with Crippen LogP contribution in [-0.2, 0) is 4.79 Å². The van der Waals surface area contributed by atoms with Gasteiger partial charge in [-0.2, -0.15) is 4.98 Å². The predicted octanol–water partition coefficient (Wildman–Crippen LogP) is 1.59. The van der Waals surface area contributed by atoms with Crippen molar-refractivity contribution in [2.24, 2.45) is 11.7 Å². The summed E-state index contributed by atoms with van der Waals surface area (Å²) < 4.78 is 4.97. The molecule has 1 saturated carbocycles. The third-order valence-electron chi connectivity index (χ3n) is 3.27. The molecule has 1 aliphatic rings. The molecule has 0 aliphatic heterocycles. The zero-order valence-electron chi connectivity index (χ0n) is 10.7. The van der Waals surface area contributed by atoms with Gasteiger partial charge in [0.2, 0.25) is 17.7 Å². The fourth-order valence-corrected chi connectivity index (χ4v) is 2.42. The molecule has 1 aliphatic carbocycles. The lowest BCUT2D eigenvalue weighted by molar-refractivity contribution is -0.121. The van der Waals surface area contributed by atoms with Crippen molar-refractivity contribution in [3.8, 4) is 5.88 Å². The van der Waals surface area contributed by atoms with Crippen molar-refractivity contribution in [1.29, 1.82) is 0 Å². The molecule has 104 valence electrons. The molecule has 1 aromatic heterocycles. The van der Waals surface area contributed by atoms with Crippen LogP contribution in [0.5, 0.6) is 5.88 Å². The van der Waals surface area contributed by atoms with Crippen molar-refractivity contribution in [3.63, 3.8) is 0 Å². The number of amides is 1. The summed E-state index contributed by atoms with van der Waals surface area (Å²) in [6.07, 6.45) is 3.76. The van der Waals surface area contributed by atoms with E-state index in [1.807, 2.05) is 0 Å². The van der Waals surface area contributed by atoms with E-state index in [1.165, 1.54) is 13.2 Å². The number of methoxy groups -OCH3 is 1. The monoisotopic (exact) mass is 284 g/mol. The maximum atomic E-state index is 12.1. The van der Waals surface area contributed by atoms with E-state index in [2.05, 4.69) is 15.3 Å². The predicted molar refractivity (Wildman–Crippen MR) is 72.2 cm³/mol. The van der Waals surface area contributed by atoms with E-state index in [9.17, 15) is 4.79 Å². The number of ether oxygens (including phenoxy) is 1. The third-order valence-corrected chi connectivity index (χ3v) is 3.47. The Morgan fingerprint density at radius 2 is 2.21 bits per heavy atom. The molecule has 2 unspecified atom stereocenters. The summed E-state index contributed by atoms with van der Waals surface area (Å²) in [5, 5.41) is 2.87. The first kappa shape index (κ1) is 14.0. The molecule has 2 atom stereocenters. The number of halogens is 1. The Morgan fingerprint density at radius 1 is 1.47 bits per heavy atom. The van der Waals surface area contributed by atoms with Crippen LogP contribution >= 0.6 is 11.6 Å². The molecule has 1 amide bonds. The Bertz CT molecular complexity index is 469. The number of nitrogens with zero attached hydrogens (tertiary/aromatic N) is 2. The van der Waals surface area contributed by atoms with Crippen LogP contribution in [-0.4, -0.2) is 29.0 Å². The van der Waals surface area contributed by atoms with Gasteiger partial charge in [0.05, 0.1) is 13.0 Å². The summed E-state index contributed by atoms with van der Waals surface area (Å²) in [6, 6.07) is 1.37. The van der Waals surface area contributed by atoms with Crippen LogP contribution in [0.25, 0.3) is 0 Å². The molecule has 0 bridgehead atoms. The first-order chi connectivity index (χ1) is 9.10. The van der Waals surface area contributed by atoms with Gasteiger partial charge in [-0.3, -0.25) is 10.1 Å². The second-order valence-corrected chi connectivity index (χ2v) is 4.99. The SMILES string of the molecule is COc1cc(Cl)nc(NC(=O)C2CCCCC2N)n1. The van der Waals surface area contributed by atoms with Crippen molar-refractivity contribution in [1.82, 2.24) is 9.97 Å². The van der Waals surface area contributed by atoms with Crippen LogP contribution < -0.4 is 15.8 Å². The summed E-state index contributed by atoms with van der Waals surface area (Å²) in [7, 11) is 1.47. The quantitative estimate of drug-likeness (QED) is 0.823. The molecule has 0 spiro atoms. The van der Waals surface area contributed by atoms with Gasteiger partial charge in [0, 0.05) is 12.1 Å². The summed E-state index contributed by atoms with van der Waals surface area (Å²) in [5.74, 6) is 0.106. The van der Waals surface area contributed by atoms with Crippen LogP contribution in [0.2, 0.25) is 5.15 Å². The zero-order chi connectivity index (χ0) is 13.8. The van der Waals surface area contributed by atoms with E-state index in [1.54, 1.807) is 0 Å². The van der Waals surface area contributed by atoms with Crippen molar-refractivity contribution in [2.45, 2.75) is 31.7 Å². The maximum Gasteiger partial charge on any atom is 0.234 e. The third kappa shape index (κ3) is 3.54. The molecule has 3 N–H and O–H groups in total. The Labute approximate surface area is 116 Å². The van der Waals surface area contributed by atoms with E-state index < -0.39 is 0 Å². The molecule has 0 radical (unpaired) electrons. The Hall–Kier alpha value is -1.40. The molecular weight excluding hydrogens is 268 g/mol.